The van der Waals surface area contributed by atoms with Crippen molar-refractivity contribution in [2.24, 2.45) is 0 Å². The van der Waals surface area contributed by atoms with Crippen LogP contribution in [0.3, 0.4) is 0 Å². The van der Waals surface area contributed by atoms with Crippen LogP contribution < -0.4 is 18.9 Å². The van der Waals surface area contributed by atoms with Gasteiger partial charge < -0.3 is 28.4 Å². The van der Waals surface area contributed by atoms with Crippen LogP contribution in [0, 0.1) is 0 Å². The highest BCUT2D eigenvalue weighted by atomic mass is 16.6. The Morgan fingerprint density at radius 1 is 0.432 bits per heavy atom. The second kappa shape index (κ2) is 13.2. The van der Waals surface area contributed by atoms with Crippen molar-refractivity contribution >= 4 is 0 Å². The monoisotopic (exact) mass is 586 g/mol. The molecule has 2 aliphatic rings. The number of hydrogen-bond donors (Lipinski definition) is 0. The van der Waals surface area contributed by atoms with E-state index in [9.17, 15) is 0 Å². The van der Waals surface area contributed by atoms with Crippen molar-refractivity contribution < 1.29 is 28.4 Å². The molecule has 5 aromatic rings. The Morgan fingerprint density at radius 2 is 0.750 bits per heavy atom. The predicted molar refractivity (Wildman–Crippen MR) is 169 cm³/mol. The van der Waals surface area contributed by atoms with Crippen LogP contribution >= 0.6 is 0 Å². The smallest absolute Gasteiger partial charge is 0.119 e. The quantitative estimate of drug-likeness (QED) is 0.124. The van der Waals surface area contributed by atoms with Gasteiger partial charge >= 0.3 is 0 Å². The zero-order chi connectivity index (χ0) is 29.6. The minimum Gasteiger partial charge on any atom is -0.491 e. The highest BCUT2D eigenvalue weighted by Crippen LogP contribution is 2.27. The molecule has 222 valence electrons. The Labute approximate surface area is 257 Å². The minimum absolute atomic E-state index is 0.255. The van der Waals surface area contributed by atoms with Crippen LogP contribution in [0.5, 0.6) is 23.0 Å². The fourth-order valence-electron chi connectivity index (χ4n) is 4.82. The third-order valence-corrected chi connectivity index (χ3v) is 7.56. The summed E-state index contributed by atoms with van der Waals surface area (Å²) in [5.41, 5.74) is 6.71. The van der Waals surface area contributed by atoms with Crippen LogP contribution in [-0.4, -0.2) is 38.6 Å². The van der Waals surface area contributed by atoms with Gasteiger partial charge in [0.1, 0.15) is 61.6 Å². The standard InChI is InChI=1S/C38H34O6/c1-2-27(21-39-33-12-4-29(5-13-33)31-8-16-35(17-9-31)41-23-37-25-43-37)20-28(3-1)22-40-34-14-6-30(7-15-34)32-10-18-36(19-11-32)42-24-38-26-44-38/h1-20,37-38H,21-26H2. The predicted octanol–water partition coefficient (Wildman–Crippen LogP) is 7.73. The Morgan fingerprint density at radius 3 is 1.07 bits per heavy atom. The highest BCUT2D eigenvalue weighted by molar-refractivity contribution is 5.65. The summed E-state index contributed by atoms with van der Waals surface area (Å²) < 4.78 is 34.0. The van der Waals surface area contributed by atoms with Gasteiger partial charge in [0.25, 0.3) is 0 Å². The van der Waals surface area contributed by atoms with Crippen molar-refractivity contribution in [1.29, 1.82) is 0 Å². The summed E-state index contributed by atoms with van der Waals surface area (Å²) in [7, 11) is 0. The maximum absolute atomic E-state index is 6.08. The van der Waals surface area contributed by atoms with Crippen molar-refractivity contribution in [3.8, 4) is 45.3 Å². The molecule has 6 heteroatoms. The van der Waals surface area contributed by atoms with Crippen molar-refractivity contribution in [2.75, 3.05) is 26.4 Å². The summed E-state index contributed by atoms with van der Waals surface area (Å²) in [6.45, 7) is 3.78. The third kappa shape index (κ3) is 7.78. The van der Waals surface area contributed by atoms with E-state index in [1.54, 1.807) is 0 Å². The number of epoxide rings is 2. The largest absolute Gasteiger partial charge is 0.491 e. The highest BCUT2D eigenvalue weighted by Gasteiger charge is 2.23. The summed E-state index contributed by atoms with van der Waals surface area (Å²) in [5, 5.41) is 0. The van der Waals surface area contributed by atoms with Crippen LogP contribution in [-0.2, 0) is 22.7 Å². The molecular formula is C38H34O6. The molecule has 2 atom stereocenters. The van der Waals surface area contributed by atoms with Gasteiger partial charge in [0.05, 0.1) is 13.2 Å². The van der Waals surface area contributed by atoms with Gasteiger partial charge in [-0.15, -0.1) is 0 Å². The lowest BCUT2D eigenvalue weighted by atomic mass is 10.1. The van der Waals surface area contributed by atoms with E-state index >= 15 is 0 Å². The molecule has 0 N–H and O–H groups in total. The summed E-state index contributed by atoms with van der Waals surface area (Å²) in [5.74, 6) is 3.38. The first-order chi connectivity index (χ1) is 21.7. The molecule has 2 saturated heterocycles. The molecule has 7 rings (SSSR count). The first kappa shape index (κ1) is 28.0. The fraction of sp³-hybridized carbons (Fsp3) is 0.211. The summed E-state index contributed by atoms with van der Waals surface area (Å²) in [6.07, 6.45) is 0.511. The molecule has 0 bridgehead atoms. The molecule has 0 aliphatic carbocycles. The van der Waals surface area contributed by atoms with Crippen LogP contribution in [0.1, 0.15) is 11.1 Å². The second-order valence-corrected chi connectivity index (χ2v) is 11.0. The van der Waals surface area contributed by atoms with Gasteiger partial charge in [0, 0.05) is 0 Å². The minimum atomic E-state index is 0.255. The normalized spacial score (nSPS) is 16.6. The number of ether oxygens (including phenoxy) is 6. The van der Waals surface area contributed by atoms with Gasteiger partial charge in [-0.05, 0) is 88.0 Å². The lowest BCUT2D eigenvalue weighted by Gasteiger charge is -2.11. The second-order valence-electron chi connectivity index (χ2n) is 11.0. The van der Waals surface area contributed by atoms with Crippen LogP contribution in [0.15, 0.2) is 121 Å². The molecule has 2 aliphatic heterocycles. The van der Waals surface area contributed by atoms with Gasteiger partial charge in [0.2, 0.25) is 0 Å². The van der Waals surface area contributed by atoms with E-state index in [-0.39, 0.29) is 12.2 Å². The van der Waals surface area contributed by atoms with Crippen molar-refractivity contribution in [2.45, 2.75) is 25.4 Å². The fourth-order valence-corrected chi connectivity index (χ4v) is 4.82. The number of benzene rings is 5. The van der Waals surface area contributed by atoms with E-state index in [0.29, 0.717) is 26.4 Å². The van der Waals surface area contributed by atoms with Crippen LogP contribution in [0.4, 0.5) is 0 Å². The van der Waals surface area contributed by atoms with Crippen molar-refractivity contribution in [1.82, 2.24) is 0 Å². The molecule has 0 aromatic heterocycles. The molecule has 2 heterocycles. The van der Waals surface area contributed by atoms with Gasteiger partial charge in [-0.1, -0.05) is 66.7 Å². The molecule has 2 fully saturated rings. The van der Waals surface area contributed by atoms with Gasteiger partial charge in [-0.2, -0.15) is 0 Å². The average Bonchev–Trinajstić information content (AvgIpc) is 4.02. The van der Waals surface area contributed by atoms with Gasteiger partial charge in [-0.25, -0.2) is 0 Å². The van der Waals surface area contributed by atoms with E-state index in [0.717, 1.165) is 69.6 Å². The molecule has 0 spiro atoms. The maximum Gasteiger partial charge on any atom is 0.119 e. The van der Waals surface area contributed by atoms with E-state index in [1.165, 1.54) is 0 Å². The Balaban J connectivity index is 0.879. The van der Waals surface area contributed by atoms with E-state index in [2.05, 4.69) is 66.7 Å². The molecule has 0 radical (unpaired) electrons. The third-order valence-electron chi connectivity index (χ3n) is 7.56. The summed E-state index contributed by atoms with van der Waals surface area (Å²) in [4.78, 5) is 0. The van der Waals surface area contributed by atoms with Crippen molar-refractivity contribution in [3.63, 3.8) is 0 Å². The average molecular weight is 587 g/mol. The maximum atomic E-state index is 6.08. The zero-order valence-corrected chi connectivity index (χ0v) is 24.4. The van der Waals surface area contributed by atoms with Gasteiger partial charge in [0.15, 0.2) is 0 Å². The Kier molecular flexibility index (Phi) is 8.44. The first-order valence-corrected chi connectivity index (χ1v) is 15.0. The SMILES string of the molecule is c1cc(COc2ccc(-c3ccc(OCC4CO4)cc3)cc2)cc(COc2ccc(-c3ccc(OCC4CO4)cc3)cc2)c1. The first-order valence-electron chi connectivity index (χ1n) is 15.0. The summed E-state index contributed by atoms with van der Waals surface area (Å²) >= 11 is 0. The number of hydrogen-bond acceptors (Lipinski definition) is 6. The van der Waals surface area contributed by atoms with E-state index in [4.69, 9.17) is 28.4 Å². The Hall–Kier alpha value is -4.78. The van der Waals surface area contributed by atoms with Gasteiger partial charge in [-0.3, -0.25) is 0 Å². The van der Waals surface area contributed by atoms with E-state index in [1.807, 2.05) is 54.6 Å². The van der Waals surface area contributed by atoms with E-state index < -0.39 is 0 Å². The molecule has 2 unspecified atom stereocenters. The zero-order valence-electron chi connectivity index (χ0n) is 24.4. The molecule has 6 nitrogen and oxygen atoms in total. The Bertz CT molecular complexity index is 1520. The molecule has 44 heavy (non-hydrogen) atoms. The molecule has 0 saturated carbocycles. The summed E-state index contributed by atoms with van der Waals surface area (Å²) in [6, 6.07) is 40.9. The topological polar surface area (TPSA) is 62.0 Å². The van der Waals surface area contributed by atoms with Crippen LogP contribution in [0.2, 0.25) is 0 Å². The molecule has 0 amide bonds. The number of rotatable bonds is 14. The molecular weight excluding hydrogens is 552 g/mol. The molecule has 5 aromatic carbocycles. The van der Waals surface area contributed by atoms with Crippen LogP contribution in [0.25, 0.3) is 22.3 Å². The van der Waals surface area contributed by atoms with Crippen molar-refractivity contribution in [3.05, 3.63) is 132 Å². The lowest BCUT2D eigenvalue weighted by molar-refractivity contribution is 0.263. The lowest BCUT2D eigenvalue weighted by Crippen LogP contribution is -2.03.